The Morgan fingerprint density at radius 2 is 2.12 bits per heavy atom. The third-order valence-corrected chi connectivity index (χ3v) is 2.95. The molecule has 3 rings (SSSR count). The third kappa shape index (κ3) is 2.15. The van der Waals surface area contributed by atoms with Crippen LogP contribution in [0.3, 0.4) is 0 Å². The van der Waals surface area contributed by atoms with Gasteiger partial charge in [-0.25, -0.2) is 0 Å². The summed E-state index contributed by atoms with van der Waals surface area (Å²) in [5.41, 5.74) is 3.65. The molecule has 0 aliphatic carbocycles. The zero-order valence-electron chi connectivity index (χ0n) is 9.54. The smallest absolute Gasteiger partial charge is 0.101 e. The Hall–Kier alpha value is -1.87. The second kappa shape index (κ2) is 4.55. The van der Waals surface area contributed by atoms with Crippen LogP contribution in [0.4, 0.5) is 5.69 Å². The molecule has 86 valence electrons. The van der Waals surface area contributed by atoms with Gasteiger partial charge in [-0.05, 0) is 29.7 Å². The maximum absolute atomic E-state index is 5.81. The first kappa shape index (κ1) is 10.3. The van der Waals surface area contributed by atoms with Crippen LogP contribution in [0, 0.1) is 0 Å². The van der Waals surface area contributed by atoms with Gasteiger partial charge in [-0.15, -0.1) is 0 Å². The standard InChI is InChI=1S/C14H14N2O/c1-2-6-14-13(5-1)7-9-16(14)17-11-12-4-3-8-15-10-12/h1-6,8,10H,7,9,11H2. The molecule has 1 aliphatic heterocycles. The van der Waals surface area contributed by atoms with E-state index in [1.54, 1.807) is 6.20 Å². The highest BCUT2D eigenvalue weighted by molar-refractivity contribution is 5.55. The minimum absolute atomic E-state index is 0.572. The number of fused-ring (bicyclic) bond motifs is 1. The van der Waals surface area contributed by atoms with Crippen LogP contribution in [-0.2, 0) is 17.9 Å². The average Bonchev–Trinajstić information content (AvgIpc) is 2.81. The fraction of sp³-hybridized carbons (Fsp3) is 0.214. The van der Waals surface area contributed by atoms with Crippen molar-refractivity contribution in [3.8, 4) is 0 Å². The lowest BCUT2D eigenvalue weighted by Gasteiger charge is -2.18. The van der Waals surface area contributed by atoms with Crippen LogP contribution in [0.25, 0.3) is 0 Å². The zero-order valence-corrected chi connectivity index (χ0v) is 9.54. The summed E-state index contributed by atoms with van der Waals surface area (Å²) in [6, 6.07) is 12.3. The van der Waals surface area contributed by atoms with Crippen molar-refractivity contribution in [2.24, 2.45) is 0 Å². The largest absolute Gasteiger partial charge is 0.269 e. The number of benzene rings is 1. The summed E-state index contributed by atoms with van der Waals surface area (Å²) in [7, 11) is 0. The topological polar surface area (TPSA) is 25.4 Å². The van der Waals surface area contributed by atoms with E-state index in [4.69, 9.17) is 4.84 Å². The molecule has 0 atom stereocenters. The van der Waals surface area contributed by atoms with E-state index in [1.165, 1.54) is 11.3 Å². The first-order valence-electron chi connectivity index (χ1n) is 5.81. The molecule has 0 saturated carbocycles. The maximum Gasteiger partial charge on any atom is 0.101 e. The van der Waals surface area contributed by atoms with Crippen molar-refractivity contribution in [2.45, 2.75) is 13.0 Å². The number of hydrogen-bond donors (Lipinski definition) is 0. The molecule has 0 saturated heterocycles. The summed E-state index contributed by atoms with van der Waals surface area (Å²) < 4.78 is 0. The minimum Gasteiger partial charge on any atom is -0.269 e. The fourth-order valence-corrected chi connectivity index (χ4v) is 2.08. The molecular formula is C14H14N2O. The molecule has 0 spiro atoms. The van der Waals surface area contributed by atoms with Gasteiger partial charge in [-0.1, -0.05) is 24.3 Å². The molecule has 0 unspecified atom stereocenters. The summed E-state index contributed by atoms with van der Waals surface area (Å²) in [5.74, 6) is 0. The Balaban J connectivity index is 1.68. The summed E-state index contributed by atoms with van der Waals surface area (Å²) in [6.45, 7) is 1.50. The fourth-order valence-electron chi connectivity index (χ4n) is 2.08. The molecule has 17 heavy (non-hydrogen) atoms. The molecule has 0 N–H and O–H groups in total. The molecule has 1 aliphatic rings. The first-order valence-corrected chi connectivity index (χ1v) is 5.81. The van der Waals surface area contributed by atoms with Crippen molar-refractivity contribution in [2.75, 3.05) is 11.6 Å². The second-order valence-electron chi connectivity index (χ2n) is 4.12. The molecule has 0 amide bonds. The monoisotopic (exact) mass is 226 g/mol. The molecule has 0 bridgehead atoms. The number of para-hydroxylation sites is 1. The highest BCUT2D eigenvalue weighted by Crippen LogP contribution is 2.27. The van der Waals surface area contributed by atoms with Crippen LogP contribution in [0.1, 0.15) is 11.1 Å². The van der Waals surface area contributed by atoms with Crippen molar-refractivity contribution < 1.29 is 4.84 Å². The average molecular weight is 226 g/mol. The zero-order chi connectivity index (χ0) is 11.5. The SMILES string of the molecule is c1cncc(CON2CCc3ccccc32)c1. The van der Waals surface area contributed by atoms with Crippen LogP contribution in [0.2, 0.25) is 0 Å². The van der Waals surface area contributed by atoms with Crippen LogP contribution in [0.5, 0.6) is 0 Å². The quantitative estimate of drug-likeness (QED) is 0.804. The highest BCUT2D eigenvalue weighted by atomic mass is 16.7. The predicted molar refractivity (Wildman–Crippen MR) is 66.5 cm³/mol. The number of pyridine rings is 1. The van der Waals surface area contributed by atoms with Gasteiger partial charge >= 0.3 is 0 Å². The molecule has 3 heteroatoms. The Kier molecular flexibility index (Phi) is 2.76. The van der Waals surface area contributed by atoms with Gasteiger partial charge in [0.15, 0.2) is 0 Å². The molecule has 2 aromatic rings. The van der Waals surface area contributed by atoms with E-state index in [0.717, 1.165) is 18.5 Å². The van der Waals surface area contributed by atoms with Gasteiger partial charge in [-0.2, -0.15) is 0 Å². The first-order chi connectivity index (χ1) is 8.43. The molecule has 1 aromatic carbocycles. The van der Waals surface area contributed by atoms with Crippen LogP contribution in [0.15, 0.2) is 48.8 Å². The van der Waals surface area contributed by atoms with Crippen molar-refractivity contribution in [1.29, 1.82) is 0 Å². The van der Waals surface area contributed by atoms with E-state index in [9.17, 15) is 0 Å². The lowest BCUT2D eigenvalue weighted by molar-refractivity contribution is 0.0995. The number of anilines is 1. The summed E-state index contributed by atoms with van der Waals surface area (Å²) >= 11 is 0. The highest BCUT2D eigenvalue weighted by Gasteiger charge is 2.18. The van der Waals surface area contributed by atoms with Gasteiger partial charge in [0.05, 0.1) is 5.69 Å². The summed E-state index contributed by atoms with van der Waals surface area (Å²) in [4.78, 5) is 9.88. The lowest BCUT2D eigenvalue weighted by Crippen LogP contribution is -2.20. The molecule has 0 radical (unpaired) electrons. The van der Waals surface area contributed by atoms with Crippen LogP contribution >= 0.6 is 0 Å². The van der Waals surface area contributed by atoms with E-state index in [-0.39, 0.29) is 0 Å². The Morgan fingerprint density at radius 3 is 3.00 bits per heavy atom. The van der Waals surface area contributed by atoms with Crippen molar-refractivity contribution >= 4 is 5.69 Å². The Labute approximate surface area is 101 Å². The second-order valence-corrected chi connectivity index (χ2v) is 4.12. The van der Waals surface area contributed by atoms with Crippen LogP contribution in [-0.4, -0.2) is 11.5 Å². The normalized spacial score (nSPS) is 13.8. The number of rotatable bonds is 3. The lowest BCUT2D eigenvalue weighted by atomic mass is 10.2. The molecule has 2 heterocycles. The van der Waals surface area contributed by atoms with Gasteiger partial charge in [0.1, 0.15) is 6.61 Å². The van der Waals surface area contributed by atoms with Gasteiger partial charge in [0, 0.05) is 18.9 Å². The minimum atomic E-state index is 0.572. The number of hydrogen-bond acceptors (Lipinski definition) is 3. The van der Waals surface area contributed by atoms with E-state index in [2.05, 4.69) is 23.2 Å². The van der Waals surface area contributed by atoms with Crippen molar-refractivity contribution in [1.82, 2.24) is 4.98 Å². The van der Waals surface area contributed by atoms with Gasteiger partial charge < -0.3 is 0 Å². The molecule has 0 fully saturated rings. The predicted octanol–water partition coefficient (Wildman–Crippen LogP) is 2.58. The summed E-state index contributed by atoms with van der Waals surface area (Å²) in [6.07, 6.45) is 4.67. The van der Waals surface area contributed by atoms with E-state index in [1.807, 2.05) is 29.5 Å². The van der Waals surface area contributed by atoms with Crippen molar-refractivity contribution in [3.63, 3.8) is 0 Å². The third-order valence-electron chi connectivity index (χ3n) is 2.95. The van der Waals surface area contributed by atoms with Gasteiger partial charge in [0.2, 0.25) is 0 Å². The van der Waals surface area contributed by atoms with Crippen LogP contribution < -0.4 is 5.06 Å². The molecule has 1 aromatic heterocycles. The van der Waals surface area contributed by atoms with E-state index in [0.29, 0.717) is 6.61 Å². The number of hydroxylamine groups is 1. The maximum atomic E-state index is 5.81. The number of aromatic nitrogens is 1. The van der Waals surface area contributed by atoms with Crippen molar-refractivity contribution in [3.05, 3.63) is 59.9 Å². The molecular weight excluding hydrogens is 212 g/mol. The molecule has 3 nitrogen and oxygen atoms in total. The Morgan fingerprint density at radius 1 is 1.18 bits per heavy atom. The van der Waals surface area contributed by atoms with E-state index < -0.39 is 0 Å². The summed E-state index contributed by atoms with van der Waals surface area (Å²) in [5, 5.41) is 1.97. The number of nitrogens with zero attached hydrogens (tertiary/aromatic N) is 2. The van der Waals surface area contributed by atoms with E-state index >= 15 is 0 Å². The Bertz CT molecular complexity index is 499. The van der Waals surface area contributed by atoms with Gasteiger partial charge in [-0.3, -0.25) is 14.9 Å². The van der Waals surface area contributed by atoms with Gasteiger partial charge in [0.25, 0.3) is 0 Å².